The summed E-state index contributed by atoms with van der Waals surface area (Å²) in [6, 6.07) is 6.69. The zero-order chi connectivity index (χ0) is 18.7. The van der Waals surface area contributed by atoms with E-state index in [-0.39, 0.29) is 5.82 Å². The topological polar surface area (TPSA) is 29.2 Å². The molecule has 1 fully saturated rings. The molecule has 0 N–H and O–H groups in total. The third-order valence-electron chi connectivity index (χ3n) is 4.98. The van der Waals surface area contributed by atoms with Gasteiger partial charge in [0.15, 0.2) is 10.6 Å². The summed E-state index contributed by atoms with van der Waals surface area (Å²) in [6.07, 6.45) is 1.25. The van der Waals surface area contributed by atoms with Gasteiger partial charge in [-0.2, -0.15) is 5.10 Å². The lowest BCUT2D eigenvalue weighted by molar-refractivity contribution is 0.0994. The molecule has 0 atom stereocenters. The molecule has 26 heavy (non-hydrogen) atoms. The Morgan fingerprint density at radius 3 is 2.42 bits per heavy atom. The standard InChI is InChI=1S/C19H28FN5S/c1-15(2)8-9-23-10-12-24(13-11-23)14-25-19(26)22(3)18(21-25)16-6-4-5-7-17(16)20/h4-7,15H,8-14H2,1-3H3. The van der Waals surface area contributed by atoms with Crippen molar-refractivity contribution in [2.45, 2.75) is 26.9 Å². The van der Waals surface area contributed by atoms with Crippen LogP contribution in [0.15, 0.2) is 24.3 Å². The molecular weight excluding hydrogens is 349 g/mol. The number of halogens is 1. The molecule has 5 nitrogen and oxygen atoms in total. The van der Waals surface area contributed by atoms with Crippen molar-refractivity contribution in [3.63, 3.8) is 0 Å². The SMILES string of the molecule is CC(C)CCN1CCN(Cn2nc(-c3ccccc3F)n(C)c2=S)CC1. The van der Waals surface area contributed by atoms with Crippen LogP contribution in [0.2, 0.25) is 0 Å². The van der Waals surface area contributed by atoms with Crippen molar-refractivity contribution in [2.24, 2.45) is 13.0 Å². The molecule has 2 aromatic rings. The van der Waals surface area contributed by atoms with E-state index in [1.807, 2.05) is 13.1 Å². The fourth-order valence-corrected chi connectivity index (χ4v) is 3.43. The minimum atomic E-state index is -0.276. The summed E-state index contributed by atoms with van der Waals surface area (Å²) in [5.41, 5.74) is 0.485. The smallest absolute Gasteiger partial charge is 0.199 e. The van der Waals surface area contributed by atoms with Gasteiger partial charge in [0, 0.05) is 33.2 Å². The van der Waals surface area contributed by atoms with Crippen LogP contribution < -0.4 is 0 Å². The van der Waals surface area contributed by atoms with Crippen molar-refractivity contribution in [3.05, 3.63) is 34.9 Å². The highest BCUT2D eigenvalue weighted by atomic mass is 32.1. The van der Waals surface area contributed by atoms with E-state index in [9.17, 15) is 4.39 Å². The number of nitrogens with zero attached hydrogens (tertiary/aromatic N) is 5. The van der Waals surface area contributed by atoms with Gasteiger partial charge < -0.3 is 9.47 Å². The van der Waals surface area contributed by atoms with Crippen LogP contribution in [-0.2, 0) is 13.7 Å². The number of piperazine rings is 1. The Morgan fingerprint density at radius 2 is 1.77 bits per heavy atom. The molecule has 7 heteroatoms. The maximum atomic E-state index is 14.1. The molecular formula is C19H28FN5S. The molecule has 0 spiro atoms. The largest absolute Gasteiger partial charge is 0.303 e. The van der Waals surface area contributed by atoms with Crippen LogP contribution in [0.5, 0.6) is 0 Å². The van der Waals surface area contributed by atoms with Crippen LogP contribution in [0.3, 0.4) is 0 Å². The Balaban J connectivity index is 1.66. The van der Waals surface area contributed by atoms with Gasteiger partial charge in [0.2, 0.25) is 0 Å². The van der Waals surface area contributed by atoms with Crippen LogP contribution in [0.25, 0.3) is 11.4 Å². The molecule has 0 radical (unpaired) electrons. The number of hydrogen-bond donors (Lipinski definition) is 0. The van der Waals surface area contributed by atoms with Crippen molar-refractivity contribution in [1.82, 2.24) is 24.1 Å². The fourth-order valence-electron chi connectivity index (χ4n) is 3.24. The average Bonchev–Trinajstić information content (AvgIpc) is 2.90. The minimum absolute atomic E-state index is 0.276. The zero-order valence-corrected chi connectivity index (χ0v) is 16.7. The van der Waals surface area contributed by atoms with E-state index in [0.717, 1.165) is 32.1 Å². The third kappa shape index (κ3) is 4.39. The Bertz CT molecular complexity index is 789. The molecule has 0 unspecified atom stereocenters. The van der Waals surface area contributed by atoms with Crippen LogP contribution in [-0.4, -0.2) is 56.9 Å². The van der Waals surface area contributed by atoms with Crippen molar-refractivity contribution in [1.29, 1.82) is 0 Å². The van der Waals surface area contributed by atoms with Crippen LogP contribution in [0.1, 0.15) is 20.3 Å². The van der Waals surface area contributed by atoms with E-state index in [1.165, 1.54) is 19.0 Å². The zero-order valence-electron chi connectivity index (χ0n) is 15.9. The molecule has 1 aromatic heterocycles. The Hall–Kier alpha value is -1.57. The molecule has 2 heterocycles. The van der Waals surface area contributed by atoms with Gasteiger partial charge in [-0.25, -0.2) is 9.07 Å². The lowest BCUT2D eigenvalue weighted by Crippen LogP contribution is -2.47. The lowest BCUT2D eigenvalue weighted by Gasteiger charge is -2.34. The number of aromatic nitrogens is 3. The summed E-state index contributed by atoms with van der Waals surface area (Å²) in [6.45, 7) is 10.5. The van der Waals surface area contributed by atoms with Gasteiger partial charge in [-0.05, 0) is 43.2 Å². The highest BCUT2D eigenvalue weighted by molar-refractivity contribution is 7.71. The molecule has 1 aromatic carbocycles. The molecule has 0 amide bonds. The first-order chi connectivity index (χ1) is 12.5. The van der Waals surface area contributed by atoms with Crippen LogP contribution in [0.4, 0.5) is 4.39 Å². The van der Waals surface area contributed by atoms with E-state index < -0.39 is 0 Å². The second kappa shape index (κ2) is 8.41. The van der Waals surface area contributed by atoms with E-state index in [0.29, 0.717) is 22.8 Å². The molecule has 3 rings (SSSR count). The van der Waals surface area contributed by atoms with Crippen molar-refractivity contribution < 1.29 is 4.39 Å². The quantitative estimate of drug-likeness (QED) is 0.722. The monoisotopic (exact) mass is 377 g/mol. The summed E-state index contributed by atoms with van der Waals surface area (Å²) in [5, 5.41) is 4.59. The number of hydrogen-bond acceptors (Lipinski definition) is 4. The first-order valence-electron chi connectivity index (χ1n) is 9.29. The van der Waals surface area contributed by atoms with Crippen molar-refractivity contribution in [3.8, 4) is 11.4 Å². The highest BCUT2D eigenvalue weighted by Gasteiger charge is 2.19. The predicted octanol–water partition coefficient (Wildman–Crippen LogP) is 3.38. The summed E-state index contributed by atoms with van der Waals surface area (Å²) < 4.78 is 18.3. The summed E-state index contributed by atoms with van der Waals surface area (Å²) >= 11 is 5.52. The summed E-state index contributed by atoms with van der Waals surface area (Å²) in [4.78, 5) is 4.89. The van der Waals surface area contributed by atoms with E-state index in [4.69, 9.17) is 12.2 Å². The molecule has 1 aliphatic heterocycles. The van der Waals surface area contributed by atoms with Crippen molar-refractivity contribution in [2.75, 3.05) is 32.7 Å². The average molecular weight is 378 g/mol. The Labute approximate surface area is 160 Å². The maximum absolute atomic E-state index is 14.1. The van der Waals surface area contributed by atoms with Gasteiger partial charge in [-0.3, -0.25) is 4.90 Å². The molecule has 1 saturated heterocycles. The summed E-state index contributed by atoms with van der Waals surface area (Å²) in [5.74, 6) is 1.04. The maximum Gasteiger partial charge on any atom is 0.199 e. The molecule has 0 aliphatic carbocycles. The molecule has 0 saturated carbocycles. The Kier molecular flexibility index (Phi) is 6.21. The van der Waals surface area contributed by atoms with E-state index in [1.54, 1.807) is 21.4 Å². The van der Waals surface area contributed by atoms with Gasteiger partial charge in [0.1, 0.15) is 5.82 Å². The molecule has 142 valence electrons. The second-order valence-corrected chi connectivity index (χ2v) is 7.79. The normalized spacial score (nSPS) is 16.5. The first kappa shape index (κ1) is 19.2. The van der Waals surface area contributed by atoms with E-state index >= 15 is 0 Å². The Morgan fingerprint density at radius 1 is 1.12 bits per heavy atom. The van der Waals surface area contributed by atoms with Crippen LogP contribution >= 0.6 is 12.2 Å². The number of rotatable bonds is 6. The van der Waals surface area contributed by atoms with Gasteiger partial charge in [-0.1, -0.05) is 26.0 Å². The van der Waals surface area contributed by atoms with Gasteiger partial charge in [0.05, 0.1) is 12.2 Å². The van der Waals surface area contributed by atoms with Gasteiger partial charge >= 0.3 is 0 Å². The van der Waals surface area contributed by atoms with Gasteiger partial charge in [0.25, 0.3) is 0 Å². The fraction of sp³-hybridized carbons (Fsp3) is 0.579. The van der Waals surface area contributed by atoms with Gasteiger partial charge in [-0.15, -0.1) is 0 Å². The number of benzene rings is 1. The lowest BCUT2D eigenvalue weighted by atomic mass is 10.1. The van der Waals surface area contributed by atoms with Crippen molar-refractivity contribution >= 4 is 12.2 Å². The first-order valence-corrected chi connectivity index (χ1v) is 9.70. The molecule has 1 aliphatic rings. The summed E-state index contributed by atoms with van der Waals surface area (Å²) in [7, 11) is 1.84. The second-order valence-electron chi connectivity index (χ2n) is 7.43. The van der Waals surface area contributed by atoms with E-state index in [2.05, 4.69) is 28.7 Å². The minimum Gasteiger partial charge on any atom is -0.303 e. The van der Waals surface area contributed by atoms with Crippen LogP contribution in [0, 0.1) is 16.5 Å². The highest BCUT2D eigenvalue weighted by Crippen LogP contribution is 2.21. The predicted molar refractivity (Wildman–Crippen MR) is 105 cm³/mol. The molecule has 0 bridgehead atoms. The third-order valence-corrected chi connectivity index (χ3v) is 5.46.